The molecule has 3 fully saturated rings. The van der Waals surface area contributed by atoms with Crippen LogP contribution >= 0.6 is 0 Å². The fourth-order valence-electron chi connectivity index (χ4n) is 9.12. The van der Waals surface area contributed by atoms with Crippen LogP contribution in [0.15, 0.2) is 48.8 Å². The summed E-state index contributed by atoms with van der Waals surface area (Å²) in [5.74, 6) is 1.76. The Hall–Kier alpha value is -5.13. The van der Waals surface area contributed by atoms with Gasteiger partial charge in [0.25, 0.3) is 0 Å². The maximum atomic E-state index is 14.0. The van der Waals surface area contributed by atoms with Gasteiger partial charge in [-0.25, -0.2) is 19.6 Å². The molecule has 2 aliphatic heterocycles. The van der Waals surface area contributed by atoms with Crippen molar-refractivity contribution in [1.29, 1.82) is 0 Å². The van der Waals surface area contributed by atoms with Gasteiger partial charge in [0.15, 0.2) is 0 Å². The minimum absolute atomic E-state index is 0.0761. The van der Waals surface area contributed by atoms with E-state index in [0.29, 0.717) is 12.5 Å². The monoisotopic (exact) mass is 733 g/mol. The number of H-pyrrole nitrogens is 2. The summed E-state index contributed by atoms with van der Waals surface area (Å²) in [7, 11) is 1.32. The summed E-state index contributed by atoms with van der Waals surface area (Å²) in [6.07, 6.45) is 9.44. The molecular formula is C42H51N7O5. The molecule has 1 saturated carbocycles. The van der Waals surface area contributed by atoms with Crippen LogP contribution in [0.2, 0.25) is 0 Å². The van der Waals surface area contributed by atoms with Crippen LogP contribution < -0.4 is 5.32 Å². The number of ether oxygens (including phenoxy) is 2. The predicted molar refractivity (Wildman–Crippen MR) is 204 cm³/mol. The zero-order valence-corrected chi connectivity index (χ0v) is 32.1. The number of likely N-dealkylation sites (tertiary alicyclic amines) is 2. The van der Waals surface area contributed by atoms with Gasteiger partial charge in [0, 0.05) is 12.6 Å². The van der Waals surface area contributed by atoms with Gasteiger partial charge in [-0.2, -0.15) is 0 Å². The third kappa shape index (κ3) is 6.64. The Morgan fingerprint density at radius 2 is 1.52 bits per heavy atom. The number of carbonyl (C=O) groups excluding carboxylic acids is 3. The van der Waals surface area contributed by atoms with E-state index in [1.807, 2.05) is 51.9 Å². The molecule has 54 heavy (non-hydrogen) atoms. The normalized spacial score (nSPS) is 22.3. The smallest absolute Gasteiger partial charge is 0.410 e. The fraction of sp³-hybridized carbons (Fsp3) is 0.500. The molecule has 5 unspecified atom stereocenters. The lowest BCUT2D eigenvalue weighted by atomic mass is 9.83. The predicted octanol–water partition coefficient (Wildman–Crippen LogP) is 7.74. The van der Waals surface area contributed by atoms with Gasteiger partial charge in [-0.15, -0.1) is 0 Å². The quantitative estimate of drug-likeness (QED) is 0.176. The van der Waals surface area contributed by atoms with Crippen molar-refractivity contribution in [2.45, 2.75) is 109 Å². The van der Waals surface area contributed by atoms with Crippen molar-refractivity contribution in [3.8, 4) is 33.6 Å². The molecule has 2 bridgehead atoms. The van der Waals surface area contributed by atoms with Crippen molar-refractivity contribution in [2.75, 3.05) is 13.7 Å². The molecule has 2 aliphatic carbocycles. The van der Waals surface area contributed by atoms with Gasteiger partial charge in [0.2, 0.25) is 5.91 Å². The van der Waals surface area contributed by atoms with Crippen LogP contribution in [-0.2, 0) is 27.1 Å². The summed E-state index contributed by atoms with van der Waals surface area (Å²) in [5, 5.41) is 2.77. The number of fused-ring (bicyclic) bond motifs is 5. The molecule has 12 nitrogen and oxygen atoms in total. The zero-order chi connectivity index (χ0) is 37.9. The van der Waals surface area contributed by atoms with Crippen molar-refractivity contribution in [2.24, 2.45) is 11.8 Å². The Morgan fingerprint density at radius 3 is 2.13 bits per heavy atom. The number of nitrogens with one attached hydrogen (secondary N) is 3. The van der Waals surface area contributed by atoms with Crippen LogP contribution in [0.4, 0.5) is 9.59 Å². The molecule has 5 atom stereocenters. The number of nitrogens with zero attached hydrogens (tertiary/aromatic N) is 4. The molecule has 12 heteroatoms. The third-order valence-corrected chi connectivity index (χ3v) is 11.7. The molecule has 4 aromatic rings. The number of rotatable bonds is 7. The first kappa shape index (κ1) is 35.9. The second-order valence-corrected chi connectivity index (χ2v) is 16.7. The van der Waals surface area contributed by atoms with E-state index in [4.69, 9.17) is 19.4 Å². The number of methoxy groups -OCH3 is 1. The van der Waals surface area contributed by atoms with E-state index in [1.165, 1.54) is 29.4 Å². The van der Waals surface area contributed by atoms with Gasteiger partial charge in [-0.3, -0.25) is 9.69 Å². The summed E-state index contributed by atoms with van der Waals surface area (Å²) in [4.78, 5) is 59.4. The molecule has 4 heterocycles. The van der Waals surface area contributed by atoms with E-state index < -0.39 is 17.7 Å². The minimum atomic E-state index is -0.668. The number of aromatic amines is 2. The van der Waals surface area contributed by atoms with Gasteiger partial charge in [0.05, 0.1) is 43.0 Å². The van der Waals surface area contributed by atoms with Gasteiger partial charge >= 0.3 is 12.2 Å². The standard InChI is InChI=1S/C42H51N7O5/c1-23(2)35(47-40(51)53-6)39(50)49-29-14-11-28(20-29)36(49)38-44-22-33(46-38)27-13-16-31-25(19-27)10-9-24-18-26(12-15-30(24)31)32-21-43-37(45-32)34-8-7-17-48(34)41(52)54-42(3,4)5/h12-13,15-16,18-19,21-23,28-29,34-36H,7-11,14,17,20H2,1-6H3,(H,43,45)(H,44,46)(H,47,51). The zero-order valence-electron chi connectivity index (χ0n) is 32.1. The molecule has 2 aromatic heterocycles. The topological polar surface area (TPSA) is 146 Å². The molecule has 0 spiro atoms. The van der Waals surface area contributed by atoms with Crippen LogP contribution in [0, 0.1) is 11.8 Å². The fourth-order valence-corrected chi connectivity index (χ4v) is 9.12. The SMILES string of the molecule is COC(=O)NC(C(=O)N1C2CCC(C2)C1c1ncc(-c2ccc3c(c2)CCc2cc(-c4cnc(C5CCCN5C(=O)OC(C)(C)C)[nH]4)ccc2-3)[nH]1)C(C)C. The average molecular weight is 734 g/mol. The first-order valence-corrected chi connectivity index (χ1v) is 19.4. The second kappa shape index (κ2) is 13.9. The number of hydrogen-bond acceptors (Lipinski definition) is 7. The highest BCUT2D eigenvalue weighted by Gasteiger charge is 2.51. The largest absolute Gasteiger partial charge is 0.453 e. The Kier molecular flexibility index (Phi) is 9.26. The Balaban J connectivity index is 0.993. The number of benzene rings is 2. The van der Waals surface area contributed by atoms with Crippen molar-refractivity contribution >= 4 is 18.1 Å². The van der Waals surface area contributed by atoms with E-state index >= 15 is 0 Å². The lowest BCUT2D eigenvalue weighted by Crippen LogP contribution is -2.54. The highest BCUT2D eigenvalue weighted by Crippen LogP contribution is 2.50. The van der Waals surface area contributed by atoms with Crippen LogP contribution in [0.5, 0.6) is 0 Å². The Bertz CT molecular complexity index is 2080. The van der Waals surface area contributed by atoms with Gasteiger partial charge < -0.3 is 29.7 Å². The highest BCUT2D eigenvalue weighted by molar-refractivity contribution is 5.87. The maximum absolute atomic E-state index is 14.0. The molecule has 3 N–H and O–H groups in total. The Morgan fingerprint density at radius 1 is 0.889 bits per heavy atom. The summed E-state index contributed by atoms with van der Waals surface area (Å²) in [5.41, 5.74) is 8.53. The molecule has 284 valence electrons. The van der Waals surface area contributed by atoms with Crippen LogP contribution in [0.1, 0.15) is 102 Å². The van der Waals surface area contributed by atoms with Gasteiger partial charge in [0.1, 0.15) is 23.3 Å². The van der Waals surface area contributed by atoms with Crippen LogP contribution in [0.25, 0.3) is 33.6 Å². The van der Waals surface area contributed by atoms with Gasteiger partial charge in [-0.05, 0) is 123 Å². The first-order valence-electron chi connectivity index (χ1n) is 19.4. The lowest BCUT2D eigenvalue weighted by molar-refractivity contribution is -0.139. The van der Waals surface area contributed by atoms with Crippen LogP contribution in [-0.4, -0.2) is 79.2 Å². The molecule has 4 aliphatic rings. The molecule has 3 amide bonds. The average Bonchev–Trinajstić information content (AvgIpc) is 4.00. The number of alkyl carbamates (subject to hydrolysis) is 1. The van der Waals surface area contributed by atoms with Crippen molar-refractivity contribution in [3.63, 3.8) is 0 Å². The van der Waals surface area contributed by atoms with E-state index in [0.717, 1.165) is 79.1 Å². The number of piperidine rings is 1. The number of hydrogen-bond donors (Lipinski definition) is 3. The number of aromatic nitrogens is 4. The lowest BCUT2D eigenvalue weighted by Gasteiger charge is -2.37. The maximum Gasteiger partial charge on any atom is 0.410 e. The van der Waals surface area contributed by atoms with Crippen molar-refractivity contribution in [1.82, 2.24) is 35.1 Å². The number of imidazole rings is 2. The summed E-state index contributed by atoms with van der Waals surface area (Å²) >= 11 is 0. The van der Waals surface area contributed by atoms with E-state index in [2.05, 4.69) is 51.7 Å². The molecule has 2 saturated heterocycles. The molecular weight excluding hydrogens is 683 g/mol. The summed E-state index contributed by atoms with van der Waals surface area (Å²) in [6, 6.07) is 12.4. The van der Waals surface area contributed by atoms with E-state index in [1.54, 1.807) is 4.90 Å². The number of carbonyl (C=O) groups is 3. The highest BCUT2D eigenvalue weighted by atomic mass is 16.6. The minimum Gasteiger partial charge on any atom is -0.453 e. The van der Waals surface area contributed by atoms with E-state index in [-0.39, 0.29) is 36.0 Å². The summed E-state index contributed by atoms with van der Waals surface area (Å²) < 4.78 is 10.5. The van der Waals surface area contributed by atoms with Gasteiger partial charge in [-0.1, -0.05) is 38.1 Å². The Labute approximate surface area is 316 Å². The number of aryl methyl sites for hydroxylation is 2. The summed E-state index contributed by atoms with van der Waals surface area (Å²) in [6.45, 7) is 10.2. The van der Waals surface area contributed by atoms with E-state index in [9.17, 15) is 14.4 Å². The first-order chi connectivity index (χ1) is 25.9. The van der Waals surface area contributed by atoms with Crippen molar-refractivity contribution in [3.05, 3.63) is 71.6 Å². The van der Waals surface area contributed by atoms with Crippen LogP contribution in [0.3, 0.4) is 0 Å². The number of amides is 3. The molecule has 2 aromatic carbocycles. The molecule has 8 rings (SSSR count). The van der Waals surface area contributed by atoms with Crippen molar-refractivity contribution < 1.29 is 23.9 Å². The third-order valence-electron chi connectivity index (χ3n) is 11.7. The second-order valence-electron chi connectivity index (χ2n) is 16.7. The molecule has 0 radical (unpaired) electrons.